The van der Waals surface area contributed by atoms with Gasteiger partial charge < -0.3 is 4.74 Å². The number of rotatable bonds is 6. The molecule has 0 unspecified atom stereocenters. The number of aryl methyl sites for hydroxylation is 3. The fourth-order valence-electron chi connectivity index (χ4n) is 2.40. The van der Waals surface area contributed by atoms with Crippen LogP contribution >= 0.6 is 0 Å². The second kappa shape index (κ2) is 7.14. The Morgan fingerprint density at radius 3 is 2.35 bits per heavy atom. The highest BCUT2D eigenvalue weighted by Crippen LogP contribution is 2.19. The van der Waals surface area contributed by atoms with E-state index in [-0.39, 0.29) is 0 Å². The Bertz CT molecular complexity index is 537. The molecule has 0 N–H and O–H groups in total. The van der Waals surface area contributed by atoms with Gasteiger partial charge in [-0.2, -0.15) is 0 Å². The van der Waals surface area contributed by atoms with E-state index in [1.807, 2.05) is 6.07 Å². The van der Waals surface area contributed by atoms with E-state index >= 15 is 0 Å². The van der Waals surface area contributed by atoms with Crippen LogP contribution in [0.1, 0.15) is 42.0 Å². The largest absolute Gasteiger partial charge is 0.489 e. The molecule has 0 amide bonds. The molecule has 2 rings (SSSR count). The molecule has 106 valence electrons. The van der Waals surface area contributed by atoms with Crippen molar-refractivity contribution in [2.75, 3.05) is 0 Å². The molecule has 0 saturated heterocycles. The van der Waals surface area contributed by atoms with Crippen molar-refractivity contribution in [2.24, 2.45) is 0 Å². The van der Waals surface area contributed by atoms with Gasteiger partial charge in [-0.15, -0.1) is 0 Å². The van der Waals surface area contributed by atoms with Crippen LogP contribution in [0.4, 0.5) is 0 Å². The van der Waals surface area contributed by atoms with E-state index in [9.17, 15) is 0 Å². The molecule has 0 aliphatic rings. The first-order valence-electron chi connectivity index (χ1n) is 7.47. The van der Waals surface area contributed by atoms with E-state index in [4.69, 9.17) is 4.74 Å². The maximum Gasteiger partial charge on any atom is 0.120 e. The first-order chi connectivity index (χ1) is 9.70. The highest BCUT2D eigenvalue weighted by atomic mass is 16.5. The summed E-state index contributed by atoms with van der Waals surface area (Å²) in [5.74, 6) is 0.973. The molecule has 1 heteroatoms. The molecule has 0 atom stereocenters. The van der Waals surface area contributed by atoms with E-state index in [2.05, 4.69) is 57.2 Å². The molecule has 0 aliphatic heterocycles. The molecule has 0 heterocycles. The van der Waals surface area contributed by atoms with Gasteiger partial charge in [0, 0.05) is 0 Å². The van der Waals surface area contributed by atoms with Crippen LogP contribution < -0.4 is 4.74 Å². The summed E-state index contributed by atoms with van der Waals surface area (Å²) in [5, 5.41) is 0. The first kappa shape index (κ1) is 14.6. The first-order valence-corrected chi connectivity index (χ1v) is 7.47. The standard InChI is InChI=1S/C19H24O/c1-4-5-10-17-11-7-12-18(13-17)20-14-19-15(2)8-6-9-16(19)3/h6-9,11-13H,4-5,10,14H2,1-3H3. The van der Waals surface area contributed by atoms with Crippen molar-refractivity contribution in [1.82, 2.24) is 0 Å². The summed E-state index contributed by atoms with van der Waals surface area (Å²) in [6.45, 7) is 7.16. The number of benzene rings is 2. The summed E-state index contributed by atoms with van der Waals surface area (Å²) in [4.78, 5) is 0. The summed E-state index contributed by atoms with van der Waals surface area (Å²) >= 11 is 0. The van der Waals surface area contributed by atoms with Gasteiger partial charge in [0.15, 0.2) is 0 Å². The van der Waals surface area contributed by atoms with Crippen molar-refractivity contribution in [1.29, 1.82) is 0 Å². The van der Waals surface area contributed by atoms with Crippen LogP contribution in [-0.4, -0.2) is 0 Å². The van der Waals surface area contributed by atoms with Crippen molar-refractivity contribution in [3.8, 4) is 5.75 Å². The summed E-state index contributed by atoms with van der Waals surface area (Å²) in [6, 6.07) is 14.9. The smallest absolute Gasteiger partial charge is 0.120 e. The molecule has 2 aromatic carbocycles. The zero-order valence-corrected chi connectivity index (χ0v) is 12.8. The van der Waals surface area contributed by atoms with Gasteiger partial charge in [0.05, 0.1) is 0 Å². The predicted molar refractivity (Wildman–Crippen MR) is 85.3 cm³/mol. The quantitative estimate of drug-likeness (QED) is 0.697. The van der Waals surface area contributed by atoms with E-state index < -0.39 is 0 Å². The minimum Gasteiger partial charge on any atom is -0.489 e. The number of ether oxygens (including phenoxy) is 1. The van der Waals surface area contributed by atoms with E-state index in [1.165, 1.54) is 35.1 Å². The van der Waals surface area contributed by atoms with Crippen LogP contribution in [0, 0.1) is 13.8 Å². The van der Waals surface area contributed by atoms with Crippen LogP contribution in [0.3, 0.4) is 0 Å². The van der Waals surface area contributed by atoms with Gasteiger partial charge in [0.2, 0.25) is 0 Å². The van der Waals surface area contributed by atoms with Gasteiger partial charge >= 0.3 is 0 Å². The maximum absolute atomic E-state index is 5.97. The lowest BCUT2D eigenvalue weighted by Crippen LogP contribution is -2.00. The van der Waals surface area contributed by atoms with Crippen molar-refractivity contribution >= 4 is 0 Å². The Balaban J connectivity index is 2.03. The zero-order chi connectivity index (χ0) is 14.4. The van der Waals surface area contributed by atoms with Crippen LogP contribution in [0.25, 0.3) is 0 Å². The molecule has 0 bridgehead atoms. The van der Waals surface area contributed by atoms with Crippen LogP contribution in [0.15, 0.2) is 42.5 Å². The molecule has 0 radical (unpaired) electrons. The molecule has 2 aromatic rings. The molecule has 1 nitrogen and oxygen atoms in total. The molecule has 0 aromatic heterocycles. The van der Waals surface area contributed by atoms with Crippen LogP contribution in [-0.2, 0) is 13.0 Å². The monoisotopic (exact) mass is 268 g/mol. The molecular weight excluding hydrogens is 244 g/mol. The summed E-state index contributed by atoms with van der Waals surface area (Å²) in [5.41, 5.74) is 5.26. The Hall–Kier alpha value is -1.76. The van der Waals surface area contributed by atoms with Gasteiger partial charge in [-0.1, -0.05) is 43.7 Å². The fourth-order valence-corrected chi connectivity index (χ4v) is 2.40. The Morgan fingerprint density at radius 2 is 1.65 bits per heavy atom. The van der Waals surface area contributed by atoms with Gasteiger partial charge in [-0.05, 0) is 61.1 Å². The minimum atomic E-state index is 0.649. The Morgan fingerprint density at radius 1 is 0.950 bits per heavy atom. The third-order valence-corrected chi connectivity index (χ3v) is 3.75. The number of hydrogen-bond acceptors (Lipinski definition) is 1. The summed E-state index contributed by atoms with van der Waals surface area (Å²) in [6.07, 6.45) is 3.60. The molecule has 0 fully saturated rings. The summed E-state index contributed by atoms with van der Waals surface area (Å²) in [7, 11) is 0. The third kappa shape index (κ3) is 3.86. The lowest BCUT2D eigenvalue weighted by atomic mass is 10.0. The number of unbranched alkanes of at least 4 members (excludes halogenated alkanes) is 1. The van der Waals surface area contributed by atoms with Gasteiger partial charge in [-0.3, -0.25) is 0 Å². The predicted octanol–water partition coefficient (Wildman–Crippen LogP) is 5.23. The lowest BCUT2D eigenvalue weighted by Gasteiger charge is -2.12. The maximum atomic E-state index is 5.97. The van der Waals surface area contributed by atoms with Crippen molar-refractivity contribution in [2.45, 2.75) is 46.6 Å². The van der Waals surface area contributed by atoms with Gasteiger partial charge in [0.25, 0.3) is 0 Å². The van der Waals surface area contributed by atoms with E-state index in [0.717, 1.165) is 12.2 Å². The molecule has 0 saturated carbocycles. The summed E-state index contributed by atoms with van der Waals surface area (Å²) < 4.78 is 5.97. The minimum absolute atomic E-state index is 0.649. The lowest BCUT2D eigenvalue weighted by molar-refractivity contribution is 0.304. The average molecular weight is 268 g/mol. The Kier molecular flexibility index (Phi) is 5.23. The Labute approximate surface area is 122 Å². The topological polar surface area (TPSA) is 9.23 Å². The molecule has 0 aliphatic carbocycles. The van der Waals surface area contributed by atoms with Crippen LogP contribution in [0.2, 0.25) is 0 Å². The highest BCUT2D eigenvalue weighted by molar-refractivity contribution is 5.34. The van der Waals surface area contributed by atoms with Gasteiger partial charge in [-0.25, -0.2) is 0 Å². The normalized spacial score (nSPS) is 10.6. The van der Waals surface area contributed by atoms with E-state index in [0.29, 0.717) is 6.61 Å². The van der Waals surface area contributed by atoms with E-state index in [1.54, 1.807) is 0 Å². The van der Waals surface area contributed by atoms with Crippen LogP contribution in [0.5, 0.6) is 5.75 Å². The highest BCUT2D eigenvalue weighted by Gasteiger charge is 2.03. The SMILES string of the molecule is CCCCc1cccc(OCc2c(C)cccc2C)c1. The second-order valence-corrected chi connectivity index (χ2v) is 5.41. The third-order valence-electron chi connectivity index (χ3n) is 3.75. The molecule has 20 heavy (non-hydrogen) atoms. The second-order valence-electron chi connectivity index (χ2n) is 5.41. The van der Waals surface area contributed by atoms with Gasteiger partial charge in [0.1, 0.15) is 12.4 Å². The van der Waals surface area contributed by atoms with Crippen molar-refractivity contribution < 1.29 is 4.74 Å². The molecule has 0 spiro atoms. The number of hydrogen-bond donors (Lipinski definition) is 0. The van der Waals surface area contributed by atoms with Crippen molar-refractivity contribution in [3.05, 3.63) is 64.7 Å². The molecular formula is C19H24O. The van der Waals surface area contributed by atoms with Crippen molar-refractivity contribution in [3.63, 3.8) is 0 Å². The average Bonchev–Trinajstić information content (AvgIpc) is 2.45. The fraction of sp³-hybridized carbons (Fsp3) is 0.368. The zero-order valence-electron chi connectivity index (χ0n) is 12.8.